The molecule has 2 heterocycles. The number of ether oxygens (including phenoxy) is 2. The summed E-state index contributed by atoms with van der Waals surface area (Å²) in [7, 11) is 1.66. The number of anilines is 1. The average molecular weight is 661 g/mol. The quantitative estimate of drug-likeness (QED) is 0.266. The Hall–Kier alpha value is -4.00. The lowest BCUT2D eigenvalue weighted by molar-refractivity contribution is 0.0144. The summed E-state index contributed by atoms with van der Waals surface area (Å²) in [5.74, 6) is -0.212. The number of imide groups is 1. The molecule has 43 heavy (non-hydrogen) atoms. The zero-order valence-electron chi connectivity index (χ0n) is 25.9. The van der Waals surface area contributed by atoms with Crippen LogP contribution in [0.15, 0.2) is 45.7 Å². The van der Waals surface area contributed by atoms with Crippen LogP contribution in [0.25, 0.3) is 22.7 Å². The number of aromatic nitrogens is 3. The van der Waals surface area contributed by atoms with Gasteiger partial charge in [0.15, 0.2) is 17.3 Å². The third-order valence-electron chi connectivity index (χ3n) is 5.75. The monoisotopic (exact) mass is 659 g/mol. The van der Waals surface area contributed by atoms with E-state index in [2.05, 4.69) is 31.1 Å². The second-order valence-corrected chi connectivity index (χ2v) is 13.8. The normalized spacial score (nSPS) is 12.0. The zero-order chi connectivity index (χ0) is 32.3. The number of halogens is 1. The molecule has 0 aliphatic rings. The average Bonchev–Trinajstić information content (AvgIpc) is 3.32. The molecule has 0 saturated carbocycles. The lowest BCUT2D eigenvalue weighted by Gasteiger charge is -2.33. The van der Waals surface area contributed by atoms with Gasteiger partial charge in [0, 0.05) is 25.2 Å². The lowest BCUT2D eigenvalue weighted by Crippen LogP contribution is -2.43. The maximum Gasteiger partial charge on any atom is 0.425 e. The first-order valence-electron chi connectivity index (χ1n) is 13.5. The number of nitrogens with zero attached hydrogens (tertiary/aromatic N) is 5. The summed E-state index contributed by atoms with van der Waals surface area (Å²) in [5.41, 5.74) is 0.237. The van der Waals surface area contributed by atoms with E-state index in [1.165, 1.54) is 11.1 Å². The lowest BCUT2D eigenvalue weighted by atomic mass is 9.84. The fourth-order valence-electron chi connectivity index (χ4n) is 4.52. The van der Waals surface area contributed by atoms with Crippen molar-refractivity contribution < 1.29 is 33.5 Å². The summed E-state index contributed by atoms with van der Waals surface area (Å²) in [4.78, 5) is 48.1. The van der Waals surface area contributed by atoms with Crippen LogP contribution in [0.1, 0.15) is 67.4 Å². The molecule has 0 aliphatic heterocycles. The molecular formula is C30H38BrN5O7. The number of amides is 3. The number of hydrogen-bond donors (Lipinski definition) is 1. The van der Waals surface area contributed by atoms with Crippen molar-refractivity contribution in [3.05, 3.63) is 46.7 Å². The Bertz CT molecular complexity index is 1470. The molecule has 12 nitrogen and oxygen atoms in total. The van der Waals surface area contributed by atoms with Crippen molar-refractivity contribution in [2.75, 3.05) is 11.9 Å². The number of benzene rings is 1. The van der Waals surface area contributed by atoms with Crippen LogP contribution in [0.5, 0.6) is 0 Å². The Labute approximate surface area is 259 Å². The predicted octanol–water partition coefficient (Wildman–Crippen LogP) is 7.76. The molecule has 0 saturated heterocycles. The zero-order valence-corrected chi connectivity index (χ0v) is 27.5. The van der Waals surface area contributed by atoms with Gasteiger partial charge in [-0.1, -0.05) is 50.2 Å². The van der Waals surface area contributed by atoms with E-state index in [1.807, 2.05) is 65.8 Å². The first-order valence-corrected chi connectivity index (χ1v) is 14.3. The van der Waals surface area contributed by atoms with E-state index < -0.39 is 29.5 Å². The van der Waals surface area contributed by atoms with Gasteiger partial charge in [0.1, 0.15) is 21.5 Å². The molecule has 3 rings (SSSR count). The SMILES string of the molecule is CN(Cc1ccc(-c2cc(-c3nc(Br)cnc3N(C(=O)O)C(=O)OC(C)(C)CC(C)(C)C)on2)cc1)C(=O)OC(C)(C)C. The highest BCUT2D eigenvalue weighted by Crippen LogP contribution is 2.34. The summed E-state index contributed by atoms with van der Waals surface area (Å²) in [6.45, 7) is 15.2. The van der Waals surface area contributed by atoms with Crippen molar-refractivity contribution in [2.45, 2.75) is 79.6 Å². The first kappa shape index (κ1) is 33.5. The highest BCUT2D eigenvalue weighted by atomic mass is 79.9. The molecule has 0 aliphatic carbocycles. The van der Waals surface area contributed by atoms with Gasteiger partial charge in [-0.2, -0.15) is 4.90 Å². The molecule has 0 radical (unpaired) electrons. The third kappa shape index (κ3) is 9.50. The molecule has 0 fully saturated rings. The van der Waals surface area contributed by atoms with Crippen molar-refractivity contribution >= 4 is 40.0 Å². The molecule has 0 bridgehead atoms. The van der Waals surface area contributed by atoms with Gasteiger partial charge in [-0.05, 0) is 67.9 Å². The number of carbonyl (C=O) groups excluding carboxylic acids is 2. The second kappa shape index (κ2) is 12.7. The summed E-state index contributed by atoms with van der Waals surface area (Å²) >= 11 is 3.25. The largest absolute Gasteiger partial charge is 0.464 e. The number of hydrogen-bond acceptors (Lipinski definition) is 9. The van der Waals surface area contributed by atoms with E-state index in [4.69, 9.17) is 14.0 Å². The Morgan fingerprint density at radius 1 is 0.977 bits per heavy atom. The van der Waals surface area contributed by atoms with E-state index >= 15 is 0 Å². The number of rotatable bonds is 7. The van der Waals surface area contributed by atoms with E-state index in [1.54, 1.807) is 27.0 Å². The van der Waals surface area contributed by atoms with Crippen molar-refractivity contribution in [3.8, 4) is 22.7 Å². The van der Waals surface area contributed by atoms with Gasteiger partial charge >= 0.3 is 18.3 Å². The molecule has 0 spiro atoms. The summed E-state index contributed by atoms with van der Waals surface area (Å²) in [6, 6.07) is 8.88. The van der Waals surface area contributed by atoms with Crippen LogP contribution in [0.3, 0.4) is 0 Å². The van der Waals surface area contributed by atoms with Gasteiger partial charge in [-0.25, -0.2) is 24.4 Å². The maximum absolute atomic E-state index is 13.2. The smallest absolute Gasteiger partial charge is 0.425 e. The van der Waals surface area contributed by atoms with E-state index in [0.29, 0.717) is 29.1 Å². The van der Waals surface area contributed by atoms with E-state index in [9.17, 15) is 19.5 Å². The van der Waals surface area contributed by atoms with Gasteiger partial charge in [-0.3, -0.25) is 0 Å². The van der Waals surface area contributed by atoms with Gasteiger partial charge in [0.2, 0.25) is 0 Å². The van der Waals surface area contributed by atoms with Crippen molar-refractivity contribution in [3.63, 3.8) is 0 Å². The summed E-state index contributed by atoms with van der Waals surface area (Å²) < 4.78 is 16.8. The van der Waals surface area contributed by atoms with Crippen molar-refractivity contribution in [2.24, 2.45) is 5.41 Å². The Kier molecular flexibility index (Phi) is 9.90. The van der Waals surface area contributed by atoms with Crippen LogP contribution in [-0.4, -0.2) is 61.7 Å². The van der Waals surface area contributed by atoms with Gasteiger partial charge in [0.25, 0.3) is 0 Å². The van der Waals surface area contributed by atoms with Crippen LogP contribution in [0.2, 0.25) is 0 Å². The van der Waals surface area contributed by atoms with E-state index in [0.717, 1.165) is 5.56 Å². The van der Waals surface area contributed by atoms with Gasteiger partial charge in [0.05, 0.1) is 6.20 Å². The fourth-order valence-corrected chi connectivity index (χ4v) is 4.80. The van der Waals surface area contributed by atoms with Crippen molar-refractivity contribution in [1.82, 2.24) is 20.0 Å². The molecule has 0 atom stereocenters. The topological polar surface area (TPSA) is 148 Å². The van der Waals surface area contributed by atoms with Gasteiger partial charge in [-0.15, -0.1) is 0 Å². The summed E-state index contributed by atoms with van der Waals surface area (Å²) in [6.07, 6.45) is -1.39. The Balaban J connectivity index is 1.87. The fraction of sp³-hybridized carbons (Fsp3) is 0.467. The standard InChI is InChI=1S/C30H38BrN5O7/c1-28(2,3)17-30(7,8)42-27(40)36(25(37)38)24-23(33-22(31)15-32-24)21-14-20(34-43-21)19-12-10-18(11-13-19)16-35(9)26(39)41-29(4,5)6/h10-15H,16-17H2,1-9H3,(H,37,38). The first-order chi connectivity index (χ1) is 19.7. The highest BCUT2D eigenvalue weighted by Gasteiger charge is 2.36. The minimum atomic E-state index is -1.60. The highest BCUT2D eigenvalue weighted by molar-refractivity contribution is 9.10. The molecule has 3 aromatic rings. The molecule has 1 aromatic carbocycles. The number of carboxylic acid groups (broad SMARTS) is 1. The molecular weight excluding hydrogens is 622 g/mol. The minimum absolute atomic E-state index is 0.0308. The molecule has 2 aromatic heterocycles. The summed E-state index contributed by atoms with van der Waals surface area (Å²) in [5, 5.41) is 14.1. The van der Waals surface area contributed by atoms with Crippen LogP contribution in [0.4, 0.5) is 20.2 Å². The minimum Gasteiger partial charge on any atom is -0.464 e. The Morgan fingerprint density at radius 3 is 2.16 bits per heavy atom. The van der Waals surface area contributed by atoms with Crippen LogP contribution in [-0.2, 0) is 16.0 Å². The molecule has 0 unspecified atom stereocenters. The van der Waals surface area contributed by atoms with Crippen LogP contribution >= 0.6 is 15.9 Å². The van der Waals surface area contributed by atoms with Crippen LogP contribution in [0, 0.1) is 5.41 Å². The molecule has 1 N–H and O–H groups in total. The molecule has 232 valence electrons. The third-order valence-corrected chi connectivity index (χ3v) is 6.13. The van der Waals surface area contributed by atoms with Gasteiger partial charge < -0.3 is 24.0 Å². The van der Waals surface area contributed by atoms with Crippen molar-refractivity contribution in [1.29, 1.82) is 0 Å². The Morgan fingerprint density at radius 2 is 1.60 bits per heavy atom. The maximum atomic E-state index is 13.2. The van der Waals surface area contributed by atoms with Crippen LogP contribution < -0.4 is 4.90 Å². The van der Waals surface area contributed by atoms with E-state index in [-0.39, 0.29) is 27.3 Å². The second-order valence-electron chi connectivity index (χ2n) is 13.0. The molecule has 3 amide bonds. The predicted molar refractivity (Wildman–Crippen MR) is 164 cm³/mol. The number of carbonyl (C=O) groups is 3. The molecule has 13 heteroatoms.